The first-order valence-electron chi connectivity index (χ1n) is 5.22. The van der Waals surface area contributed by atoms with Gasteiger partial charge in [0.1, 0.15) is 5.82 Å². The summed E-state index contributed by atoms with van der Waals surface area (Å²) in [5.41, 5.74) is 0. The summed E-state index contributed by atoms with van der Waals surface area (Å²) in [7, 11) is 0. The Morgan fingerprint density at radius 3 is 3.19 bits per heavy atom. The van der Waals surface area contributed by atoms with Gasteiger partial charge in [0.25, 0.3) is 0 Å². The van der Waals surface area contributed by atoms with Gasteiger partial charge >= 0.3 is 0 Å². The lowest BCUT2D eigenvalue weighted by Crippen LogP contribution is -2.34. The van der Waals surface area contributed by atoms with Gasteiger partial charge in [0.15, 0.2) is 0 Å². The van der Waals surface area contributed by atoms with E-state index in [2.05, 4.69) is 26.5 Å². The number of terminal acetylenes is 1. The number of rotatable bonds is 7. The van der Waals surface area contributed by atoms with E-state index in [1.807, 2.05) is 0 Å². The molecule has 5 nitrogen and oxygen atoms in total. The van der Waals surface area contributed by atoms with Crippen molar-refractivity contribution >= 4 is 5.91 Å². The lowest BCUT2D eigenvalue weighted by Gasteiger charge is -2.04. The Morgan fingerprint density at radius 1 is 1.62 bits per heavy atom. The number of nitrogens with one attached hydrogen (secondary N) is 3. The number of hydrogen-bond donors (Lipinski definition) is 3. The Bertz CT molecular complexity index is 339. The van der Waals surface area contributed by atoms with E-state index in [4.69, 9.17) is 6.42 Å². The summed E-state index contributed by atoms with van der Waals surface area (Å²) in [6.07, 6.45) is 10.3. The number of H-pyrrole nitrogens is 1. The quantitative estimate of drug-likeness (QED) is 0.436. The Labute approximate surface area is 95.0 Å². The van der Waals surface area contributed by atoms with Crippen molar-refractivity contribution in [1.82, 2.24) is 20.6 Å². The summed E-state index contributed by atoms with van der Waals surface area (Å²) in [6, 6.07) is 0. The minimum atomic E-state index is -0.0327. The second kappa shape index (κ2) is 7.49. The molecule has 0 saturated heterocycles. The van der Waals surface area contributed by atoms with Gasteiger partial charge < -0.3 is 10.3 Å². The minimum absolute atomic E-state index is 0.0327. The van der Waals surface area contributed by atoms with Crippen molar-refractivity contribution in [3.05, 3.63) is 18.2 Å². The molecule has 0 atom stereocenters. The highest BCUT2D eigenvalue weighted by Gasteiger charge is 1.99. The lowest BCUT2D eigenvalue weighted by molar-refractivity contribution is -0.120. The van der Waals surface area contributed by atoms with E-state index in [0.717, 1.165) is 18.7 Å². The Kier molecular flexibility index (Phi) is 5.74. The number of carbonyl (C=O) groups excluding carboxylic acids is 1. The van der Waals surface area contributed by atoms with Crippen LogP contribution in [0, 0.1) is 12.3 Å². The molecule has 0 bridgehead atoms. The number of hydrogen-bond acceptors (Lipinski definition) is 3. The summed E-state index contributed by atoms with van der Waals surface area (Å²) >= 11 is 0. The van der Waals surface area contributed by atoms with Gasteiger partial charge in [0.2, 0.25) is 5.91 Å². The molecule has 0 aliphatic heterocycles. The van der Waals surface area contributed by atoms with Crippen LogP contribution in [0.15, 0.2) is 12.4 Å². The van der Waals surface area contributed by atoms with Crippen LogP contribution >= 0.6 is 0 Å². The van der Waals surface area contributed by atoms with Crippen LogP contribution in [0.4, 0.5) is 0 Å². The molecule has 0 aliphatic carbocycles. The second-order valence-electron chi connectivity index (χ2n) is 3.30. The Hall–Kier alpha value is -1.80. The highest BCUT2D eigenvalue weighted by atomic mass is 16.1. The zero-order valence-corrected chi connectivity index (χ0v) is 9.12. The van der Waals surface area contributed by atoms with Gasteiger partial charge in [-0.25, -0.2) is 4.98 Å². The van der Waals surface area contributed by atoms with Gasteiger partial charge in [-0.15, -0.1) is 6.42 Å². The zero-order chi connectivity index (χ0) is 11.6. The zero-order valence-electron chi connectivity index (χ0n) is 9.12. The predicted molar refractivity (Wildman–Crippen MR) is 61.6 cm³/mol. The van der Waals surface area contributed by atoms with Crippen LogP contribution in [0.1, 0.15) is 12.2 Å². The standard InChI is InChI=1S/C11H16N4O/c1-2-5-12-9-11(16)15-6-3-4-10-13-7-8-14-10/h1,7-8,12H,3-6,9H2,(H,13,14)(H,15,16). The Morgan fingerprint density at radius 2 is 2.50 bits per heavy atom. The fraction of sp³-hybridized carbons (Fsp3) is 0.455. The van der Waals surface area contributed by atoms with Crippen molar-refractivity contribution in [3.63, 3.8) is 0 Å². The van der Waals surface area contributed by atoms with Crippen LogP contribution in [0.2, 0.25) is 0 Å². The van der Waals surface area contributed by atoms with Gasteiger partial charge in [-0.3, -0.25) is 10.1 Å². The number of imidazole rings is 1. The molecule has 0 saturated carbocycles. The number of carbonyl (C=O) groups is 1. The highest BCUT2D eigenvalue weighted by molar-refractivity contribution is 5.77. The molecule has 3 N–H and O–H groups in total. The van der Waals surface area contributed by atoms with Crippen LogP contribution in [0.5, 0.6) is 0 Å². The number of aromatic amines is 1. The molecule has 0 aliphatic rings. The van der Waals surface area contributed by atoms with E-state index in [1.54, 1.807) is 12.4 Å². The SMILES string of the molecule is C#CCNCC(=O)NCCCc1ncc[nH]1. The van der Waals surface area contributed by atoms with Crippen LogP contribution in [-0.2, 0) is 11.2 Å². The number of aromatic nitrogens is 2. The molecule has 1 aromatic heterocycles. The number of aryl methyl sites for hydroxylation is 1. The molecule has 0 fully saturated rings. The van der Waals surface area contributed by atoms with E-state index in [0.29, 0.717) is 13.1 Å². The van der Waals surface area contributed by atoms with Crippen molar-refractivity contribution in [2.75, 3.05) is 19.6 Å². The first-order valence-corrected chi connectivity index (χ1v) is 5.22. The van der Waals surface area contributed by atoms with Crippen LogP contribution in [0.25, 0.3) is 0 Å². The Balaban J connectivity index is 1.98. The average molecular weight is 220 g/mol. The van der Waals surface area contributed by atoms with E-state index in [9.17, 15) is 4.79 Å². The topological polar surface area (TPSA) is 69.8 Å². The summed E-state index contributed by atoms with van der Waals surface area (Å²) in [5.74, 6) is 3.32. The highest BCUT2D eigenvalue weighted by Crippen LogP contribution is 1.92. The van der Waals surface area contributed by atoms with Gasteiger partial charge in [0.05, 0.1) is 13.1 Å². The molecule has 0 spiro atoms. The molecular formula is C11H16N4O. The van der Waals surface area contributed by atoms with Gasteiger partial charge in [0, 0.05) is 25.4 Å². The molecular weight excluding hydrogens is 204 g/mol. The smallest absolute Gasteiger partial charge is 0.233 e. The maximum atomic E-state index is 11.2. The van der Waals surface area contributed by atoms with Crippen molar-refractivity contribution in [2.24, 2.45) is 0 Å². The molecule has 16 heavy (non-hydrogen) atoms. The van der Waals surface area contributed by atoms with E-state index in [1.165, 1.54) is 0 Å². The first-order chi connectivity index (χ1) is 7.83. The fourth-order valence-electron chi connectivity index (χ4n) is 1.23. The molecule has 5 heteroatoms. The third-order valence-electron chi connectivity index (χ3n) is 1.98. The van der Waals surface area contributed by atoms with Crippen molar-refractivity contribution in [1.29, 1.82) is 0 Å². The molecule has 1 heterocycles. The van der Waals surface area contributed by atoms with Crippen molar-refractivity contribution < 1.29 is 4.79 Å². The third kappa shape index (κ3) is 5.17. The van der Waals surface area contributed by atoms with E-state index in [-0.39, 0.29) is 12.5 Å². The monoisotopic (exact) mass is 220 g/mol. The molecule has 0 radical (unpaired) electrons. The molecule has 1 rings (SSSR count). The van der Waals surface area contributed by atoms with Crippen molar-refractivity contribution in [2.45, 2.75) is 12.8 Å². The summed E-state index contributed by atoms with van der Waals surface area (Å²) in [4.78, 5) is 18.3. The molecule has 0 unspecified atom stereocenters. The van der Waals surface area contributed by atoms with Crippen LogP contribution in [-0.4, -0.2) is 35.5 Å². The maximum Gasteiger partial charge on any atom is 0.233 e. The second-order valence-corrected chi connectivity index (χ2v) is 3.30. The largest absolute Gasteiger partial charge is 0.355 e. The molecule has 1 amide bonds. The maximum absolute atomic E-state index is 11.2. The van der Waals surface area contributed by atoms with Crippen LogP contribution in [0.3, 0.4) is 0 Å². The van der Waals surface area contributed by atoms with E-state index >= 15 is 0 Å². The predicted octanol–water partition coefficient (Wildman–Crippen LogP) is -0.319. The summed E-state index contributed by atoms with van der Waals surface area (Å²) in [5, 5.41) is 5.61. The lowest BCUT2D eigenvalue weighted by atomic mass is 10.3. The molecule has 86 valence electrons. The third-order valence-corrected chi connectivity index (χ3v) is 1.98. The average Bonchev–Trinajstić information content (AvgIpc) is 2.78. The number of amides is 1. The molecule has 0 aromatic carbocycles. The first kappa shape index (κ1) is 12.3. The number of nitrogens with zero attached hydrogens (tertiary/aromatic N) is 1. The van der Waals surface area contributed by atoms with Gasteiger partial charge in [-0.1, -0.05) is 5.92 Å². The van der Waals surface area contributed by atoms with Crippen LogP contribution < -0.4 is 10.6 Å². The molecule has 1 aromatic rings. The van der Waals surface area contributed by atoms with E-state index < -0.39 is 0 Å². The minimum Gasteiger partial charge on any atom is -0.355 e. The van der Waals surface area contributed by atoms with Gasteiger partial charge in [-0.2, -0.15) is 0 Å². The summed E-state index contributed by atoms with van der Waals surface area (Å²) in [6.45, 7) is 1.34. The fourth-order valence-corrected chi connectivity index (χ4v) is 1.23. The summed E-state index contributed by atoms with van der Waals surface area (Å²) < 4.78 is 0. The normalized spacial score (nSPS) is 9.69. The van der Waals surface area contributed by atoms with Gasteiger partial charge in [-0.05, 0) is 6.42 Å². The van der Waals surface area contributed by atoms with Crippen molar-refractivity contribution in [3.8, 4) is 12.3 Å².